The van der Waals surface area contributed by atoms with E-state index in [1.165, 1.54) is 41.3 Å². The van der Waals surface area contributed by atoms with Crippen LogP contribution in [0, 0.1) is 0 Å². The van der Waals surface area contributed by atoms with Crippen LogP contribution < -0.4 is 14.7 Å². The number of thiocarbonyl (C=S) groups is 1. The molecule has 0 atom stereocenters. The van der Waals surface area contributed by atoms with Crippen molar-refractivity contribution in [2.45, 2.75) is 6.61 Å². The van der Waals surface area contributed by atoms with Gasteiger partial charge in [-0.1, -0.05) is 54.3 Å². The first-order valence-electron chi connectivity index (χ1n) is 7.50. The first-order chi connectivity index (χ1) is 12.9. The highest BCUT2D eigenvalue weighted by Gasteiger charge is 2.33. The van der Waals surface area contributed by atoms with Gasteiger partial charge in [-0.25, -0.2) is 0 Å². The van der Waals surface area contributed by atoms with E-state index in [-0.39, 0.29) is 20.5 Å². The maximum Gasteiger partial charge on any atom is 0.387 e. The number of para-hydroxylation sites is 1. The van der Waals surface area contributed by atoms with Gasteiger partial charge in [-0.15, -0.1) is 0 Å². The van der Waals surface area contributed by atoms with E-state index in [2.05, 4.69) is 4.74 Å². The van der Waals surface area contributed by atoms with Crippen molar-refractivity contribution in [2.75, 3.05) is 4.90 Å². The molecule has 0 saturated carbocycles. The molecule has 0 radical (unpaired) electrons. The van der Waals surface area contributed by atoms with Crippen LogP contribution in [-0.2, 0) is 4.79 Å². The number of aromatic carboxylic acids is 1. The summed E-state index contributed by atoms with van der Waals surface area (Å²) in [5.74, 6) is -1.84. The lowest BCUT2D eigenvalue weighted by atomic mass is 10.1. The third-order valence-electron chi connectivity index (χ3n) is 3.58. The molecule has 9 heteroatoms. The lowest BCUT2D eigenvalue weighted by Gasteiger charge is -2.15. The van der Waals surface area contributed by atoms with Crippen molar-refractivity contribution in [1.82, 2.24) is 0 Å². The minimum atomic E-state index is -2.99. The highest BCUT2D eigenvalue weighted by atomic mass is 32.2. The number of anilines is 1. The Morgan fingerprint density at radius 3 is 2.48 bits per heavy atom. The van der Waals surface area contributed by atoms with Crippen LogP contribution in [0.3, 0.4) is 0 Å². The summed E-state index contributed by atoms with van der Waals surface area (Å²) in [6, 6.07) is 11.6. The van der Waals surface area contributed by atoms with Crippen molar-refractivity contribution >= 4 is 51.9 Å². The molecule has 1 saturated heterocycles. The van der Waals surface area contributed by atoms with Gasteiger partial charge in [-0.2, -0.15) is 8.78 Å². The van der Waals surface area contributed by atoms with Gasteiger partial charge in [0.2, 0.25) is 0 Å². The molecule has 3 rings (SSSR count). The number of ether oxygens (including phenoxy) is 1. The van der Waals surface area contributed by atoms with Crippen molar-refractivity contribution in [3.63, 3.8) is 0 Å². The van der Waals surface area contributed by atoms with Crippen molar-refractivity contribution in [3.8, 4) is 5.75 Å². The quantitative estimate of drug-likeness (QED) is 0.562. The molecule has 0 bridgehead atoms. The van der Waals surface area contributed by atoms with E-state index in [4.69, 9.17) is 12.2 Å². The van der Waals surface area contributed by atoms with Crippen molar-refractivity contribution in [2.24, 2.45) is 0 Å². The molecule has 0 unspecified atom stereocenters. The smallest absolute Gasteiger partial charge is 0.387 e. The number of hydrogen-bond donors (Lipinski definition) is 0. The Hall–Kier alpha value is -2.78. The fourth-order valence-corrected chi connectivity index (χ4v) is 3.67. The molecule has 1 amide bonds. The molecule has 27 heavy (non-hydrogen) atoms. The van der Waals surface area contributed by atoms with Gasteiger partial charge < -0.3 is 14.6 Å². The molecule has 138 valence electrons. The first-order valence-corrected chi connectivity index (χ1v) is 8.72. The monoisotopic (exact) mass is 406 g/mol. The fraction of sp³-hybridized carbons (Fsp3) is 0.0556. The molecule has 0 N–H and O–H groups in total. The van der Waals surface area contributed by atoms with E-state index in [1.807, 2.05) is 0 Å². The predicted molar refractivity (Wildman–Crippen MR) is 99.5 cm³/mol. The normalized spacial score (nSPS) is 15.7. The number of nitrogens with zero attached hydrogens (tertiary/aromatic N) is 1. The van der Waals surface area contributed by atoms with Gasteiger partial charge >= 0.3 is 6.61 Å². The molecule has 1 aliphatic heterocycles. The Morgan fingerprint density at radius 2 is 1.85 bits per heavy atom. The van der Waals surface area contributed by atoms with E-state index in [9.17, 15) is 23.5 Å². The molecule has 0 aliphatic carbocycles. The molecule has 1 aliphatic rings. The van der Waals surface area contributed by atoms with Crippen LogP contribution in [0.5, 0.6) is 5.75 Å². The SMILES string of the molecule is O=C([O-])c1ccc(N2C(=O)/C(=C\c3ccccc3OC(F)F)SC2=S)cc1. The second-order valence-electron chi connectivity index (χ2n) is 5.27. The van der Waals surface area contributed by atoms with Gasteiger partial charge in [0.15, 0.2) is 4.32 Å². The Bertz CT molecular complexity index is 945. The highest BCUT2D eigenvalue weighted by Crippen LogP contribution is 2.37. The summed E-state index contributed by atoms with van der Waals surface area (Å²) in [4.78, 5) is 25.0. The zero-order chi connectivity index (χ0) is 19.6. The van der Waals surface area contributed by atoms with Gasteiger partial charge in [0.05, 0.1) is 16.6 Å². The molecular formula is C18H10F2NO4S2-. The number of rotatable bonds is 5. The number of carbonyl (C=O) groups excluding carboxylic acids is 2. The summed E-state index contributed by atoms with van der Waals surface area (Å²) in [7, 11) is 0. The number of carboxylic acids is 1. The van der Waals surface area contributed by atoms with E-state index in [0.717, 1.165) is 11.8 Å². The van der Waals surface area contributed by atoms with Crippen molar-refractivity contribution in [1.29, 1.82) is 0 Å². The average molecular weight is 406 g/mol. The second kappa shape index (κ2) is 7.85. The van der Waals surface area contributed by atoms with Gasteiger partial charge in [0.1, 0.15) is 5.75 Å². The number of benzene rings is 2. The summed E-state index contributed by atoms with van der Waals surface area (Å²) >= 11 is 6.23. The average Bonchev–Trinajstić information content (AvgIpc) is 2.90. The van der Waals surface area contributed by atoms with Crippen LogP contribution in [0.25, 0.3) is 6.08 Å². The maximum absolute atomic E-state index is 12.7. The van der Waals surface area contributed by atoms with E-state index < -0.39 is 18.5 Å². The van der Waals surface area contributed by atoms with Crippen LogP contribution in [-0.4, -0.2) is 22.8 Å². The number of thioether (sulfide) groups is 1. The van der Waals surface area contributed by atoms with Gasteiger partial charge in [0, 0.05) is 5.56 Å². The van der Waals surface area contributed by atoms with Gasteiger partial charge in [-0.3, -0.25) is 9.69 Å². The summed E-state index contributed by atoms with van der Waals surface area (Å²) in [6.45, 7) is -2.99. The van der Waals surface area contributed by atoms with Crippen molar-refractivity contribution in [3.05, 3.63) is 64.6 Å². The Balaban J connectivity index is 1.90. The molecule has 2 aromatic rings. The second-order valence-corrected chi connectivity index (χ2v) is 6.94. The fourth-order valence-electron chi connectivity index (χ4n) is 2.38. The minimum absolute atomic E-state index is 0.0298. The predicted octanol–water partition coefficient (Wildman–Crippen LogP) is 3.06. The lowest BCUT2D eigenvalue weighted by Crippen LogP contribution is -2.28. The third-order valence-corrected chi connectivity index (χ3v) is 4.88. The van der Waals surface area contributed by atoms with E-state index in [0.29, 0.717) is 11.3 Å². The van der Waals surface area contributed by atoms with Crippen LogP contribution in [0.15, 0.2) is 53.4 Å². The molecule has 5 nitrogen and oxygen atoms in total. The largest absolute Gasteiger partial charge is 0.545 e. The van der Waals surface area contributed by atoms with E-state index in [1.54, 1.807) is 18.2 Å². The Kier molecular flexibility index (Phi) is 5.52. The summed E-state index contributed by atoms with van der Waals surface area (Å²) < 4.78 is 29.8. The third kappa shape index (κ3) is 4.15. The van der Waals surface area contributed by atoms with Crippen LogP contribution in [0.4, 0.5) is 14.5 Å². The Labute approximate surface area is 162 Å². The van der Waals surface area contributed by atoms with Crippen molar-refractivity contribution < 1.29 is 28.2 Å². The molecule has 0 aromatic heterocycles. The zero-order valence-electron chi connectivity index (χ0n) is 13.4. The molecule has 1 heterocycles. The molecule has 2 aromatic carbocycles. The molecular weight excluding hydrogens is 396 g/mol. The van der Waals surface area contributed by atoms with Crippen LogP contribution >= 0.6 is 24.0 Å². The minimum Gasteiger partial charge on any atom is -0.545 e. The topological polar surface area (TPSA) is 69.7 Å². The summed E-state index contributed by atoms with van der Waals surface area (Å²) in [5, 5.41) is 10.8. The first kappa shape index (κ1) is 19.0. The van der Waals surface area contributed by atoms with Crippen LogP contribution in [0.1, 0.15) is 15.9 Å². The number of amides is 1. The van der Waals surface area contributed by atoms with E-state index >= 15 is 0 Å². The lowest BCUT2D eigenvalue weighted by molar-refractivity contribution is -0.255. The summed E-state index contributed by atoms with van der Waals surface area (Å²) in [6.07, 6.45) is 1.42. The van der Waals surface area contributed by atoms with Gasteiger partial charge in [0.25, 0.3) is 5.91 Å². The molecule has 0 spiro atoms. The number of alkyl halides is 2. The Morgan fingerprint density at radius 1 is 1.19 bits per heavy atom. The summed E-state index contributed by atoms with van der Waals surface area (Å²) in [5.41, 5.74) is 0.673. The number of halogens is 2. The van der Waals surface area contributed by atoms with Crippen LogP contribution in [0.2, 0.25) is 0 Å². The highest BCUT2D eigenvalue weighted by molar-refractivity contribution is 8.27. The standard InChI is InChI=1S/C18H11F2NO4S2/c19-17(20)25-13-4-2-1-3-11(13)9-14-15(22)21(18(26)27-14)12-7-5-10(6-8-12)16(23)24/h1-9,17H,(H,23,24)/p-1/b14-9+. The maximum atomic E-state index is 12.7. The molecule has 1 fully saturated rings. The number of hydrogen-bond acceptors (Lipinski definition) is 6. The zero-order valence-corrected chi connectivity index (χ0v) is 15.1. The van der Waals surface area contributed by atoms with Gasteiger partial charge in [-0.05, 0) is 29.8 Å². The number of carbonyl (C=O) groups is 2. The number of carboxylic acid groups (broad SMARTS) is 1.